The zero-order chi connectivity index (χ0) is 20.1. The Hall–Kier alpha value is -2.59. The molecular formula is C24H23BrO3. The molecule has 0 unspecified atom stereocenters. The van der Waals surface area contributed by atoms with Crippen molar-refractivity contribution in [3.63, 3.8) is 0 Å². The first-order valence-electron chi connectivity index (χ1n) is 9.12. The van der Waals surface area contributed by atoms with Crippen LogP contribution in [0.15, 0.2) is 77.3 Å². The largest absolute Gasteiger partial charge is 0.482 e. The molecule has 0 aliphatic heterocycles. The van der Waals surface area contributed by atoms with Gasteiger partial charge in [0.05, 0.1) is 4.47 Å². The Bertz CT molecular complexity index is 942. The maximum atomic E-state index is 12.1. The van der Waals surface area contributed by atoms with Gasteiger partial charge in [-0.3, -0.25) is 0 Å². The van der Waals surface area contributed by atoms with Gasteiger partial charge in [0.2, 0.25) is 0 Å². The van der Waals surface area contributed by atoms with Gasteiger partial charge < -0.3 is 9.47 Å². The van der Waals surface area contributed by atoms with Gasteiger partial charge in [0.15, 0.2) is 6.61 Å². The summed E-state index contributed by atoms with van der Waals surface area (Å²) in [7, 11) is 0. The summed E-state index contributed by atoms with van der Waals surface area (Å²) in [6.07, 6.45) is 0. The number of benzene rings is 3. The molecule has 4 heteroatoms. The van der Waals surface area contributed by atoms with Crippen LogP contribution < -0.4 is 9.47 Å². The van der Waals surface area contributed by atoms with E-state index < -0.39 is 5.97 Å². The highest BCUT2D eigenvalue weighted by molar-refractivity contribution is 9.10. The van der Waals surface area contributed by atoms with Crippen LogP contribution in [0.4, 0.5) is 0 Å². The average Bonchev–Trinajstić information content (AvgIpc) is 2.68. The zero-order valence-electron chi connectivity index (χ0n) is 16.2. The van der Waals surface area contributed by atoms with Gasteiger partial charge in [-0.2, -0.15) is 0 Å². The van der Waals surface area contributed by atoms with E-state index in [2.05, 4.69) is 48.8 Å². The summed E-state index contributed by atoms with van der Waals surface area (Å²) in [5.74, 6) is 0.663. The van der Waals surface area contributed by atoms with Crippen LogP contribution in [0.5, 0.6) is 11.5 Å². The SMILES string of the molecule is CC(C)(C)c1ccc(OC(=O)COc2ccc(-c3ccccc3)cc2)c(Br)c1. The van der Waals surface area contributed by atoms with E-state index in [9.17, 15) is 4.79 Å². The molecule has 28 heavy (non-hydrogen) atoms. The summed E-state index contributed by atoms with van der Waals surface area (Å²) < 4.78 is 11.7. The van der Waals surface area contributed by atoms with Crippen LogP contribution >= 0.6 is 15.9 Å². The first-order chi connectivity index (χ1) is 13.3. The van der Waals surface area contributed by atoms with Crippen LogP contribution in [0, 0.1) is 0 Å². The van der Waals surface area contributed by atoms with Gasteiger partial charge in [-0.05, 0) is 62.3 Å². The van der Waals surface area contributed by atoms with E-state index in [4.69, 9.17) is 9.47 Å². The number of carbonyl (C=O) groups excluding carboxylic acids is 1. The van der Waals surface area contributed by atoms with Gasteiger partial charge in [0, 0.05) is 0 Å². The molecule has 3 rings (SSSR count). The first kappa shape index (κ1) is 20.2. The normalized spacial score (nSPS) is 11.1. The molecule has 3 aromatic rings. The van der Waals surface area contributed by atoms with Crippen LogP contribution in [0.1, 0.15) is 26.3 Å². The van der Waals surface area contributed by atoms with Crippen LogP contribution in [0.3, 0.4) is 0 Å². The molecule has 0 saturated carbocycles. The molecule has 0 radical (unpaired) electrons. The van der Waals surface area contributed by atoms with Gasteiger partial charge in [0.1, 0.15) is 11.5 Å². The van der Waals surface area contributed by atoms with Crippen molar-refractivity contribution in [2.24, 2.45) is 0 Å². The lowest BCUT2D eigenvalue weighted by Crippen LogP contribution is -2.18. The van der Waals surface area contributed by atoms with Gasteiger partial charge in [0.25, 0.3) is 0 Å². The Morgan fingerprint density at radius 2 is 1.54 bits per heavy atom. The van der Waals surface area contributed by atoms with Crippen molar-refractivity contribution in [2.45, 2.75) is 26.2 Å². The van der Waals surface area contributed by atoms with Crippen molar-refractivity contribution in [1.29, 1.82) is 0 Å². The average molecular weight is 439 g/mol. The van der Waals surface area contributed by atoms with Crippen molar-refractivity contribution < 1.29 is 14.3 Å². The molecule has 3 aromatic carbocycles. The highest BCUT2D eigenvalue weighted by Crippen LogP contribution is 2.31. The second-order valence-corrected chi connectivity index (χ2v) is 8.40. The fourth-order valence-corrected chi connectivity index (χ4v) is 3.18. The van der Waals surface area contributed by atoms with Crippen LogP contribution in [0.25, 0.3) is 11.1 Å². The summed E-state index contributed by atoms with van der Waals surface area (Å²) in [5.41, 5.74) is 3.42. The summed E-state index contributed by atoms with van der Waals surface area (Å²) in [5, 5.41) is 0. The molecule has 3 nitrogen and oxygen atoms in total. The monoisotopic (exact) mass is 438 g/mol. The fourth-order valence-electron chi connectivity index (χ4n) is 2.72. The first-order valence-corrected chi connectivity index (χ1v) is 9.91. The van der Waals surface area contributed by atoms with Crippen molar-refractivity contribution in [3.05, 3.63) is 82.8 Å². The highest BCUT2D eigenvalue weighted by Gasteiger charge is 2.16. The fraction of sp³-hybridized carbons (Fsp3) is 0.208. The van der Waals surface area contributed by atoms with E-state index in [1.165, 1.54) is 0 Å². The molecule has 0 N–H and O–H groups in total. The van der Waals surface area contributed by atoms with Gasteiger partial charge >= 0.3 is 5.97 Å². The topological polar surface area (TPSA) is 35.5 Å². The molecular weight excluding hydrogens is 416 g/mol. The van der Waals surface area contributed by atoms with Gasteiger partial charge in [-0.15, -0.1) is 0 Å². The Morgan fingerprint density at radius 3 is 2.14 bits per heavy atom. The Labute approximate surface area is 174 Å². The van der Waals surface area contributed by atoms with Crippen LogP contribution in [-0.4, -0.2) is 12.6 Å². The van der Waals surface area contributed by atoms with E-state index in [1.807, 2.05) is 54.6 Å². The van der Waals surface area contributed by atoms with Crippen molar-refractivity contribution in [1.82, 2.24) is 0 Å². The number of halogens is 1. The predicted molar refractivity (Wildman–Crippen MR) is 116 cm³/mol. The van der Waals surface area contributed by atoms with Gasteiger partial charge in [-0.25, -0.2) is 4.79 Å². The quantitative estimate of drug-likeness (QED) is 0.341. The lowest BCUT2D eigenvalue weighted by Gasteiger charge is -2.20. The van der Waals surface area contributed by atoms with Crippen molar-refractivity contribution in [3.8, 4) is 22.6 Å². The smallest absolute Gasteiger partial charge is 0.349 e. The van der Waals surface area contributed by atoms with Crippen molar-refractivity contribution >= 4 is 21.9 Å². The summed E-state index contributed by atoms with van der Waals surface area (Å²) >= 11 is 3.48. The summed E-state index contributed by atoms with van der Waals surface area (Å²) in [6.45, 7) is 6.25. The van der Waals surface area contributed by atoms with Crippen LogP contribution in [0.2, 0.25) is 0 Å². The van der Waals surface area contributed by atoms with E-state index >= 15 is 0 Å². The highest BCUT2D eigenvalue weighted by atomic mass is 79.9. The minimum atomic E-state index is -0.448. The zero-order valence-corrected chi connectivity index (χ0v) is 17.8. The Balaban J connectivity index is 1.57. The molecule has 0 aliphatic rings. The Morgan fingerprint density at radius 1 is 0.893 bits per heavy atom. The van der Waals surface area contributed by atoms with E-state index in [0.717, 1.165) is 21.2 Å². The summed E-state index contributed by atoms with van der Waals surface area (Å²) in [6, 6.07) is 23.5. The predicted octanol–water partition coefficient (Wildman–Crippen LogP) is 6.40. The summed E-state index contributed by atoms with van der Waals surface area (Å²) in [4.78, 5) is 12.1. The van der Waals surface area contributed by atoms with E-state index in [0.29, 0.717) is 11.5 Å². The van der Waals surface area contributed by atoms with E-state index in [-0.39, 0.29) is 12.0 Å². The third-order valence-electron chi connectivity index (χ3n) is 4.34. The molecule has 0 heterocycles. The molecule has 0 bridgehead atoms. The molecule has 144 valence electrons. The molecule has 0 saturated heterocycles. The number of carbonyl (C=O) groups is 1. The maximum absolute atomic E-state index is 12.1. The second kappa shape index (κ2) is 8.61. The minimum Gasteiger partial charge on any atom is -0.482 e. The Kier molecular flexibility index (Phi) is 6.20. The number of hydrogen-bond donors (Lipinski definition) is 0. The van der Waals surface area contributed by atoms with Crippen molar-refractivity contribution in [2.75, 3.05) is 6.61 Å². The second-order valence-electron chi connectivity index (χ2n) is 7.55. The third kappa shape index (κ3) is 5.23. The molecule has 0 amide bonds. The third-order valence-corrected chi connectivity index (χ3v) is 4.96. The number of ether oxygens (including phenoxy) is 2. The van der Waals surface area contributed by atoms with E-state index in [1.54, 1.807) is 6.07 Å². The maximum Gasteiger partial charge on any atom is 0.349 e. The molecule has 0 spiro atoms. The number of rotatable bonds is 5. The van der Waals surface area contributed by atoms with Crippen LogP contribution in [-0.2, 0) is 10.2 Å². The molecule has 0 fully saturated rings. The molecule has 0 aliphatic carbocycles. The lowest BCUT2D eigenvalue weighted by molar-refractivity contribution is -0.136. The number of esters is 1. The standard InChI is InChI=1S/C24H23BrO3/c1-24(2,3)19-11-14-22(21(25)15-19)28-23(26)16-27-20-12-9-18(10-13-20)17-7-5-4-6-8-17/h4-15H,16H2,1-3H3. The number of hydrogen-bond acceptors (Lipinski definition) is 3. The molecule has 0 atom stereocenters. The van der Waals surface area contributed by atoms with Gasteiger partial charge in [-0.1, -0.05) is 69.3 Å². The minimum absolute atomic E-state index is 0.0279. The molecule has 0 aromatic heterocycles. The lowest BCUT2D eigenvalue weighted by atomic mass is 9.87.